The average Bonchev–Trinajstić information content (AvgIpc) is 3.32. The van der Waals surface area contributed by atoms with Gasteiger partial charge in [0.05, 0.1) is 66.9 Å². The highest BCUT2D eigenvalue weighted by molar-refractivity contribution is 7.89. The van der Waals surface area contributed by atoms with Crippen molar-refractivity contribution < 1.29 is 40.2 Å². The number of benzene rings is 2. The molecule has 4 N–H and O–H groups in total. The van der Waals surface area contributed by atoms with Crippen LogP contribution in [0.3, 0.4) is 0 Å². The van der Waals surface area contributed by atoms with E-state index in [2.05, 4.69) is 27.5 Å². The Bertz CT molecular complexity index is 1740. The molecule has 11 nitrogen and oxygen atoms in total. The molecule has 0 radical (unpaired) electrons. The number of imidazole rings is 1. The van der Waals surface area contributed by atoms with E-state index >= 15 is 4.39 Å². The maximum atomic E-state index is 15.3. The van der Waals surface area contributed by atoms with E-state index in [4.69, 9.17) is 14.6 Å². The molecular formula is C29H32F4N6O5S. The molecular weight excluding hydrogens is 620 g/mol. The molecule has 2 aliphatic heterocycles. The number of fused-ring (bicyclic) bond motifs is 1. The Morgan fingerprint density at radius 3 is 2.60 bits per heavy atom. The summed E-state index contributed by atoms with van der Waals surface area (Å²) in [6, 6.07) is 6.15. The van der Waals surface area contributed by atoms with Crippen molar-refractivity contribution in [1.29, 1.82) is 0 Å². The average molecular weight is 653 g/mol. The first-order valence-electron chi connectivity index (χ1n) is 14.0. The van der Waals surface area contributed by atoms with Crippen molar-refractivity contribution in [2.45, 2.75) is 42.8 Å². The number of methoxy groups -OCH3 is 1. The number of alkyl halides is 4. The number of aromatic nitrogens is 2. The molecule has 2 saturated heterocycles. The Hall–Kier alpha value is -3.91. The monoisotopic (exact) mass is 652 g/mol. The number of nitrogens with one attached hydrogen (secondary N) is 2. The Morgan fingerprint density at radius 1 is 1.22 bits per heavy atom. The van der Waals surface area contributed by atoms with Crippen LogP contribution in [0.4, 0.5) is 23.2 Å². The van der Waals surface area contributed by atoms with Gasteiger partial charge in [0.1, 0.15) is 24.0 Å². The summed E-state index contributed by atoms with van der Waals surface area (Å²) in [5.41, 5.74) is 0.706. The van der Waals surface area contributed by atoms with Crippen LogP contribution in [0.5, 0.6) is 5.75 Å². The summed E-state index contributed by atoms with van der Waals surface area (Å²) in [5.74, 6) is 4.98. The number of anilines is 1. The second-order valence-corrected chi connectivity index (χ2v) is 12.6. The second-order valence-electron chi connectivity index (χ2n) is 11.1. The van der Waals surface area contributed by atoms with Gasteiger partial charge in [-0.1, -0.05) is 18.8 Å². The minimum Gasteiger partial charge on any atom is -0.495 e. The minimum atomic E-state index is -4.55. The molecule has 0 spiro atoms. The van der Waals surface area contributed by atoms with Crippen LogP contribution in [0.1, 0.15) is 22.8 Å². The maximum absolute atomic E-state index is 15.3. The molecule has 3 atom stereocenters. The lowest BCUT2D eigenvalue weighted by Gasteiger charge is -2.45. The number of hydrogen-bond acceptors (Lipinski definition) is 8. The number of halogens is 4. The summed E-state index contributed by atoms with van der Waals surface area (Å²) >= 11 is 0. The number of carbonyl (C=O) groups excluding carboxylic acids is 1. The van der Waals surface area contributed by atoms with Crippen LogP contribution in [0, 0.1) is 17.8 Å². The van der Waals surface area contributed by atoms with Crippen LogP contribution in [-0.4, -0.2) is 93.2 Å². The summed E-state index contributed by atoms with van der Waals surface area (Å²) in [6.07, 6.45) is -4.90. The van der Waals surface area contributed by atoms with Gasteiger partial charge in [0.2, 0.25) is 10.0 Å². The molecule has 0 saturated carbocycles. The molecule has 45 heavy (non-hydrogen) atoms. The van der Waals surface area contributed by atoms with Gasteiger partial charge < -0.3 is 24.7 Å². The number of sulfonamides is 1. The van der Waals surface area contributed by atoms with Crippen LogP contribution in [0.15, 0.2) is 41.6 Å². The van der Waals surface area contributed by atoms with Gasteiger partial charge in [0.25, 0.3) is 5.91 Å². The minimum absolute atomic E-state index is 0.0259. The van der Waals surface area contributed by atoms with E-state index < -0.39 is 40.9 Å². The van der Waals surface area contributed by atoms with E-state index in [-0.39, 0.29) is 57.9 Å². The Labute approximate surface area is 257 Å². The normalized spacial score (nSPS) is 21.1. The number of amides is 1. The summed E-state index contributed by atoms with van der Waals surface area (Å²) < 4.78 is 89.8. The lowest BCUT2D eigenvalue weighted by atomic mass is 9.90. The number of hydrogen-bond donors (Lipinski definition) is 3. The van der Waals surface area contributed by atoms with Crippen LogP contribution in [0.25, 0.3) is 11.0 Å². The number of ether oxygens (including phenoxy) is 2. The third-order valence-corrected chi connectivity index (χ3v) is 8.70. The standard InChI is InChI=1S/C29H32F4N6O5S/c1-17-11-38(19-13-44-14-19)12-22(30)26(17)37-28(40)21-8-18(9-24-27(21)36-16-39(24)15-29(31,32)33)4-3-7-35-23-6-5-20(45(34,41)42)10-25(23)43-2/h5-6,8-10,16-17,19,22,26,35H,7,11-15H2,1-2H3,(H,37,40)(H2,34,41,42)/t17-,22-,26+/m0/s1. The van der Waals surface area contributed by atoms with Crippen molar-refractivity contribution in [1.82, 2.24) is 19.8 Å². The molecule has 5 rings (SSSR count). The molecule has 3 heterocycles. The number of carbonyl (C=O) groups is 1. The van der Waals surface area contributed by atoms with E-state index in [9.17, 15) is 26.4 Å². The first-order valence-corrected chi connectivity index (χ1v) is 15.5. The van der Waals surface area contributed by atoms with Gasteiger partial charge in [-0.15, -0.1) is 0 Å². The Kier molecular flexibility index (Phi) is 9.26. The van der Waals surface area contributed by atoms with Crippen LogP contribution < -0.4 is 20.5 Å². The van der Waals surface area contributed by atoms with Crippen molar-refractivity contribution in [2.24, 2.45) is 11.1 Å². The van der Waals surface area contributed by atoms with Gasteiger partial charge >= 0.3 is 6.18 Å². The van der Waals surface area contributed by atoms with Gasteiger partial charge in [-0.25, -0.2) is 22.9 Å². The predicted octanol–water partition coefficient (Wildman–Crippen LogP) is 2.51. The molecule has 242 valence electrons. The fourth-order valence-corrected chi connectivity index (χ4v) is 5.98. The number of likely N-dealkylation sites (tertiary alicyclic amines) is 1. The molecule has 2 fully saturated rings. The third-order valence-electron chi connectivity index (χ3n) is 7.79. The first kappa shape index (κ1) is 32.5. The summed E-state index contributed by atoms with van der Waals surface area (Å²) in [6.45, 7) is 2.30. The van der Waals surface area contributed by atoms with Gasteiger partial charge in [0.15, 0.2) is 0 Å². The predicted molar refractivity (Wildman–Crippen MR) is 157 cm³/mol. The Balaban J connectivity index is 1.39. The van der Waals surface area contributed by atoms with Crippen LogP contribution in [-0.2, 0) is 21.3 Å². The molecule has 1 amide bonds. The molecule has 0 aliphatic carbocycles. The zero-order chi connectivity index (χ0) is 32.5. The van der Waals surface area contributed by atoms with Crippen molar-refractivity contribution in [3.8, 4) is 17.6 Å². The smallest absolute Gasteiger partial charge is 0.406 e. The zero-order valence-electron chi connectivity index (χ0n) is 24.4. The molecule has 0 bridgehead atoms. The molecule has 1 aromatic heterocycles. The molecule has 0 unspecified atom stereocenters. The number of nitrogens with zero attached hydrogens (tertiary/aromatic N) is 3. The number of rotatable bonds is 8. The lowest BCUT2D eigenvalue weighted by molar-refractivity contribution is -0.139. The number of nitrogens with two attached hydrogens (primary N) is 1. The quantitative estimate of drug-likeness (QED) is 0.249. The highest BCUT2D eigenvalue weighted by atomic mass is 32.2. The summed E-state index contributed by atoms with van der Waals surface area (Å²) in [5, 5.41) is 10.9. The molecule has 3 aromatic rings. The van der Waals surface area contributed by atoms with E-state index in [0.29, 0.717) is 25.4 Å². The topological polar surface area (TPSA) is 141 Å². The van der Waals surface area contributed by atoms with E-state index in [1.807, 2.05) is 11.8 Å². The van der Waals surface area contributed by atoms with E-state index in [1.165, 1.54) is 37.4 Å². The largest absolute Gasteiger partial charge is 0.495 e. The van der Waals surface area contributed by atoms with Crippen molar-refractivity contribution >= 4 is 32.7 Å². The van der Waals surface area contributed by atoms with E-state index in [0.717, 1.165) is 10.9 Å². The summed E-state index contributed by atoms with van der Waals surface area (Å²) in [4.78, 5) is 19.5. The van der Waals surface area contributed by atoms with Gasteiger partial charge in [-0.2, -0.15) is 13.2 Å². The van der Waals surface area contributed by atoms with Crippen molar-refractivity contribution in [2.75, 3.05) is 45.3 Å². The van der Waals surface area contributed by atoms with Gasteiger partial charge in [0, 0.05) is 24.7 Å². The van der Waals surface area contributed by atoms with E-state index in [1.54, 1.807) is 0 Å². The lowest BCUT2D eigenvalue weighted by Crippen LogP contribution is -2.62. The summed E-state index contributed by atoms with van der Waals surface area (Å²) in [7, 11) is -2.60. The maximum Gasteiger partial charge on any atom is 0.406 e. The SMILES string of the molecule is COc1cc(S(N)(=O)=O)ccc1NCC#Cc1cc(C(=O)N[C@@H]2[C@@H](C)CN(C3COC3)C[C@@H]2F)c2ncn(CC(F)(F)F)c2c1. The fourth-order valence-electron chi connectivity index (χ4n) is 5.45. The van der Waals surface area contributed by atoms with Crippen LogP contribution in [0.2, 0.25) is 0 Å². The fraction of sp³-hybridized carbons (Fsp3) is 0.448. The molecule has 2 aliphatic rings. The van der Waals surface area contributed by atoms with Crippen LogP contribution >= 0.6 is 0 Å². The molecule has 16 heteroatoms. The highest BCUT2D eigenvalue weighted by Gasteiger charge is 2.40. The zero-order valence-corrected chi connectivity index (χ0v) is 25.2. The Morgan fingerprint density at radius 2 is 1.98 bits per heavy atom. The highest BCUT2D eigenvalue weighted by Crippen LogP contribution is 2.29. The van der Waals surface area contributed by atoms with Gasteiger partial charge in [-0.3, -0.25) is 9.69 Å². The van der Waals surface area contributed by atoms with Crippen molar-refractivity contribution in [3.63, 3.8) is 0 Å². The number of piperidine rings is 1. The molecule has 2 aromatic carbocycles. The third kappa shape index (κ3) is 7.50. The second kappa shape index (κ2) is 12.8. The van der Waals surface area contributed by atoms with Crippen molar-refractivity contribution in [3.05, 3.63) is 47.8 Å². The number of primary sulfonamides is 1. The first-order chi connectivity index (χ1) is 21.2. The van der Waals surface area contributed by atoms with Gasteiger partial charge in [-0.05, 0) is 30.2 Å².